The molecule has 0 amide bonds. The second-order valence-electron chi connectivity index (χ2n) is 6.94. The van der Waals surface area contributed by atoms with Gasteiger partial charge in [0.2, 0.25) is 5.95 Å². The van der Waals surface area contributed by atoms with E-state index in [0.29, 0.717) is 27.9 Å². The van der Waals surface area contributed by atoms with Gasteiger partial charge in [-0.2, -0.15) is 4.98 Å². The number of hydrogen-bond acceptors (Lipinski definition) is 5. The van der Waals surface area contributed by atoms with Gasteiger partial charge in [0, 0.05) is 54.0 Å². The van der Waals surface area contributed by atoms with Crippen LogP contribution in [0.4, 0.5) is 19.1 Å². The summed E-state index contributed by atoms with van der Waals surface area (Å²) in [6.45, 7) is -0.268. The molecule has 0 aromatic carbocycles. The Balaban J connectivity index is 1.51. The van der Waals surface area contributed by atoms with Crippen LogP contribution in [0.1, 0.15) is 18.5 Å². The molecule has 28 heavy (non-hydrogen) atoms. The van der Waals surface area contributed by atoms with Crippen LogP contribution in [0, 0.1) is 5.82 Å². The molecule has 0 radical (unpaired) electrons. The number of pyridine rings is 1. The summed E-state index contributed by atoms with van der Waals surface area (Å²) in [4.78, 5) is 15.5. The zero-order chi connectivity index (χ0) is 19.5. The van der Waals surface area contributed by atoms with Gasteiger partial charge in [-0.25, -0.2) is 23.1 Å². The van der Waals surface area contributed by atoms with E-state index >= 15 is 0 Å². The van der Waals surface area contributed by atoms with Gasteiger partial charge >= 0.3 is 0 Å². The first-order valence-electron chi connectivity index (χ1n) is 8.69. The molecule has 4 aromatic heterocycles. The van der Waals surface area contributed by atoms with Gasteiger partial charge in [0.25, 0.3) is 5.92 Å². The monoisotopic (exact) mass is 388 g/mol. The van der Waals surface area contributed by atoms with Crippen LogP contribution in [-0.4, -0.2) is 41.4 Å². The van der Waals surface area contributed by atoms with Gasteiger partial charge in [-0.05, 0) is 6.07 Å². The van der Waals surface area contributed by atoms with Crippen molar-refractivity contribution in [1.29, 1.82) is 0 Å². The maximum Gasteiger partial charge on any atom is 0.252 e. The van der Waals surface area contributed by atoms with Crippen molar-refractivity contribution in [3.63, 3.8) is 0 Å². The summed E-state index contributed by atoms with van der Waals surface area (Å²) in [6.07, 6.45) is 5.88. The highest BCUT2D eigenvalue weighted by atomic mass is 19.3. The lowest BCUT2D eigenvalue weighted by Gasteiger charge is -2.35. The van der Waals surface area contributed by atoms with Crippen LogP contribution in [0.3, 0.4) is 0 Å². The zero-order valence-corrected chi connectivity index (χ0v) is 14.5. The van der Waals surface area contributed by atoms with Crippen LogP contribution < -0.4 is 5.32 Å². The van der Waals surface area contributed by atoms with E-state index in [4.69, 9.17) is 0 Å². The van der Waals surface area contributed by atoms with Crippen molar-refractivity contribution in [2.24, 2.45) is 0 Å². The van der Waals surface area contributed by atoms with Crippen molar-refractivity contribution in [1.82, 2.24) is 24.3 Å². The lowest BCUT2D eigenvalue weighted by molar-refractivity contribution is -0.0794. The molecular weight excluding hydrogens is 373 g/mol. The molecule has 4 aromatic rings. The fourth-order valence-corrected chi connectivity index (χ4v) is 3.52. The van der Waals surface area contributed by atoms with Crippen molar-refractivity contribution >= 4 is 22.6 Å². The molecule has 5 rings (SSSR count). The highest BCUT2D eigenvalue weighted by Gasteiger charge is 2.45. The number of halogens is 3. The molecule has 4 heterocycles. The molecule has 0 spiro atoms. The third-order valence-corrected chi connectivity index (χ3v) is 4.97. The van der Waals surface area contributed by atoms with Gasteiger partial charge in [0.05, 0.1) is 18.5 Å². The van der Waals surface area contributed by atoms with E-state index in [0.717, 1.165) is 0 Å². The van der Waals surface area contributed by atoms with Crippen LogP contribution in [0.2, 0.25) is 0 Å². The summed E-state index contributed by atoms with van der Waals surface area (Å²) < 4.78 is 41.9. The van der Waals surface area contributed by atoms with Crippen LogP contribution in [-0.2, 0) is 6.61 Å². The van der Waals surface area contributed by atoms with Crippen LogP contribution >= 0.6 is 0 Å². The predicted molar refractivity (Wildman–Crippen MR) is 95.5 cm³/mol. The van der Waals surface area contributed by atoms with Crippen LogP contribution in [0.5, 0.6) is 0 Å². The highest BCUT2D eigenvalue weighted by Crippen LogP contribution is 2.39. The molecule has 1 aliphatic carbocycles. The van der Waals surface area contributed by atoms with E-state index in [1.807, 2.05) is 0 Å². The van der Waals surface area contributed by atoms with Gasteiger partial charge in [-0.3, -0.25) is 4.40 Å². The fourth-order valence-electron chi connectivity index (χ4n) is 3.52. The van der Waals surface area contributed by atoms with Gasteiger partial charge in [0.1, 0.15) is 5.65 Å². The molecule has 0 unspecified atom stereocenters. The van der Waals surface area contributed by atoms with Gasteiger partial charge < -0.3 is 15.4 Å². The Morgan fingerprint density at radius 1 is 1.29 bits per heavy atom. The molecule has 1 aliphatic rings. The number of fused-ring (bicyclic) bond motifs is 2. The summed E-state index contributed by atoms with van der Waals surface area (Å²) in [5.74, 6) is -2.87. The summed E-state index contributed by atoms with van der Waals surface area (Å²) in [5, 5.41) is 13.0. The minimum atomic E-state index is -2.62. The number of aliphatic hydroxyl groups excluding tert-OH is 1. The molecule has 3 N–H and O–H groups in total. The first-order valence-corrected chi connectivity index (χ1v) is 8.69. The quantitative estimate of drug-likeness (QED) is 0.500. The number of nitrogens with one attached hydrogen (secondary N) is 2. The Morgan fingerprint density at radius 2 is 2.11 bits per heavy atom. The average Bonchev–Trinajstić information content (AvgIpc) is 3.23. The molecule has 0 saturated heterocycles. The third-order valence-electron chi connectivity index (χ3n) is 4.97. The standard InChI is InChI=1S/C18H15F3N6O/c19-14-1-9(7-27-11(8-28)4-23-16(14)27)12-5-22-15-13(12)6-24-17(26-15)25-10-2-18(20,21)3-10/h1,4-7,10,28H,2-3,8H2,(H2,22,24,25,26). The van der Waals surface area contributed by atoms with Gasteiger partial charge in [-0.15, -0.1) is 0 Å². The maximum absolute atomic E-state index is 14.4. The number of rotatable bonds is 4. The molecule has 0 bridgehead atoms. The third kappa shape index (κ3) is 2.68. The van der Waals surface area contributed by atoms with Crippen molar-refractivity contribution in [3.8, 4) is 11.1 Å². The maximum atomic E-state index is 14.4. The number of H-pyrrole nitrogens is 1. The van der Waals surface area contributed by atoms with E-state index in [1.165, 1.54) is 16.7 Å². The average molecular weight is 388 g/mol. The molecule has 144 valence electrons. The molecule has 1 saturated carbocycles. The summed E-state index contributed by atoms with van der Waals surface area (Å²) in [6, 6.07) is 1.01. The Morgan fingerprint density at radius 3 is 2.86 bits per heavy atom. The molecular formula is C18H15F3N6O. The first-order chi connectivity index (χ1) is 13.4. The van der Waals surface area contributed by atoms with Gasteiger partial charge in [0.15, 0.2) is 11.5 Å². The van der Waals surface area contributed by atoms with Crippen molar-refractivity contribution in [2.75, 3.05) is 5.32 Å². The van der Waals surface area contributed by atoms with Crippen LogP contribution in [0.25, 0.3) is 27.8 Å². The lowest BCUT2D eigenvalue weighted by atomic mass is 9.88. The fraction of sp³-hybridized carbons (Fsp3) is 0.278. The van der Waals surface area contributed by atoms with E-state index < -0.39 is 11.7 Å². The van der Waals surface area contributed by atoms with Crippen molar-refractivity contribution in [3.05, 3.63) is 42.4 Å². The van der Waals surface area contributed by atoms with Crippen molar-refractivity contribution in [2.45, 2.75) is 31.4 Å². The van der Waals surface area contributed by atoms with Gasteiger partial charge in [-0.1, -0.05) is 0 Å². The van der Waals surface area contributed by atoms with E-state index in [2.05, 4.69) is 25.3 Å². The smallest absolute Gasteiger partial charge is 0.252 e. The Kier molecular flexibility index (Phi) is 3.60. The number of hydrogen-bond donors (Lipinski definition) is 3. The minimum Gasteiger partial charge on any atom is -0.390 e. The Hall–Kier alpha value is -3.14. The van der Waals surface area contributed by atoms with E-state index in [1.54, 1.807) is 18.6 Å². The highest BCUT2D eigenvalue weighted by molar-refractivity contribution is 5.93. The Labute approximate surface area is 156 Å². The SMILES string of the molecule is OCc1cnc2c(F)cc(-c3c[nH]c4nc(NC5CC(F)(F)C5)ncc34)cn12. The molecule has 0 aliphatic heterocycles. The lowest BCUT2D eigenvalue weighted by Crippen LogP contribution is -2.44. The topological polar surface area (TPSA) is 91.1 Å². The molecule has 1 fully saturated rings. The second-order valence-corrected chi connectivity index (χ2v) is 6.94. The summed E-state index contributed by atoms with van der Waals surface area (Å²) >= 11 is 0. The number of aromatic amines is 1. The largest absolute Gasteiger partial charge is 0.390 e. The molecule has 10 heteroatoms. The summed E-state index contributed by atoms with van der Waals surface area (Å²) in [7, 11) is 0. The number of nitrogens with zero attached hydrogens (tertiary/aromatic N) is 4. The summed E-state index contributed by atoms with van der Waals surface area (Å²) in [5.41, 5.74) is 2.34. The minimum absolute atomic E-state index is 0.132. The molecule has 0 atom stereocenters. The normalized spacial score (nSPS) is 16.6. The first kappa shape index (κ1) is 17.0. The number of anilines is 1. The number of aromatic nitrogens is 5. The van der Waals surface area contributed by atoms with E-state index in [-0.39, 0.29) is 37.1 Å². The number of aliphatic hydroxyl groups is 1. The molecule has 7 nitrogen and oxygen atoms in total. The van der Waals surface area contributed by atoms with Crippen molar-refractivity contribution < 1.29 is 18.3 Å². The number of imidazole rings is 1. The zero-order valence-electron chi connectivity index (χ0n) is 14.5. The van der Waals surface area contributed by atoms with E-state index in [9.17, 15) is 18.3 Å². The second kappa shape index (κ2) is 5.93. The number of alkyl halides is 2. The van der Waals surface area contributed by atoms with Crippen LogP contribution in [0.15, 0.2) is 30.9 Å². The Bertz CT molecular complexity index is 1190. The predicted octanol–water partition coefficient (Wildman–Crippen LogP) is 3.11.